The highest BCUT2D eigenvalue weighted by Gasteiger charge is 2.45. The Balaban J connectivity index is 1.75. The second-order valence-electron chi connectivity index (χ2n) is 21.1. The van der Waals surface area contributed by atoms with Gasteiger partial charge in [-0.25, -0.2) is 4.79 Å². The zero-order valence-corrected chi connectivity index (χ0v) is 46.5. The molecule has 1 aromatic heterocycles. The standard InChI is InChI=1S/C51H77N11O16S/c1-8-26(2)41-46(72)55-21-39(67)56-34-25-79(76)49-31(30-14-13-29(77-7)18-35(30)61(49)16-12-10-9-11-15-53-50(75)78-51(4,5)6)19-32(43(69)54-22-40(68)59-41)57-47(73)42(27(3)37(65)24-63)60-45(71)36-17-28(64)23-62(36)48(74)33(20-38(52)66)58-44(34)70/h13-14,18,26-28,32-34,36-37,41-42,63-65H,8-12,15-17,19-25H2,1-7H3,(H2,52,66)(H,53,75)(H,54,69)(H,55,72)(H,56,67)(H,57,73)(H,58,70)(H,59,68)(H,60,71)/t26-,27-,28?,32?,33-,34?,36-,37-,41-,42-,79+/m0/s1. The van der Waals surface area contributed by atoms with Crippen LogP contribution in [0.3, 0.4) is 0 Å². The van der Waals surface area contributed by atoms with E-state index in [2.05, 4.69) is 42.5 Å². The number of aliphatic hydroxyl groups excluding tert-OH is 3. The quantitative estimate of drug-likeness (QED) is 0.0788. The number of nitrogens with two attached hydrogens (primary N) is 1. The van der Waals surface area contributed by atoms with Crippen molar-refractivity contribution in [1.82, 2.24) is 52.0 Å². The zero-order valence-electron chi connectivity index (χ0n) is 45.6. The van der Waals surface area contributed by atoms with Crippen molar-refractivity contribution in [2.75, 3.05) is 45.6 Å². The highest BCUT2D eigenvalue weighted by atomic mass is 32.2. The molecule has 13 N–H and O–H groups in total. The number of hydrogen-bond donors (Lipinski definition) is 12. The van der Waals surface area contributed by atoms with E-state index in [-0.39, 0.29) is 17.1 Å². The molecule has 3 aliphatic heterocycles. The van der Waals surface area contributed by atoms with Gasteiger partial charge in [-0.15, -0.1) is 0 Å². The van der Waals surface area contributed by atoms with Crippen molar-refractivity contribution in [2.45, 2.75) is 159 Å². The summed E-state index contributed by atoms with van der Waals surface area (Å²) < 4.78 is 28.2. The maximum atomic E-state index is 15.6. The van der Waals surface area contributed by atoms with Gasteiger partial charge in [0, 0.05) is 49.8 Å². The number of aromatic nitrogens is 1. The number of ether oxygens (including phenoxy) is 2. The number of primary amides is 1. The first-order chi connectivity index (χ1) is 37.3. The molecule has 0 aliphatic carbocycles. The fourth-order valence-corrected chi connectivity index (χ4v) is 11.1. The van der Waals surface area contributed by atoms with Crippen LogP contribution in [-0.4, -0.2) is 188 Å². The second kappa shape index (κ2) is 28.3. The Bertz CT molecular complexity index is 2630. The van der Waals surface area contributed by atoms with Crippen LogP contribution in [-0.2, 0) is 71.7 Å². The third-order valence-corrected chi connectivity index (χ3v) is 15.5. The van der Waals surface area contributed by atoms with E-state index in [4.69, 9.17) is 15.2 Å². The smallest absolute Gasteiger partial charge is 0.407 e. The zero-order chi connectivity index (χ0) is 58.5. The normalized spacial score (nSPS) is 25.4. The molecule has 0 radical (unpaired) electrons. The Labute approximate surface area is 459 Å². The predicted octanol–water partition coefficient (Wildman–Crippen LogP) is -3.06. The van der Waals surface area contributed by atoms with E-state index in [1.807, 2.05) is 0 Å². The number of carbonyl (C=O) groups excluding carboxylic acids is 10. The van der Waals surface area contributed by atoms with Gasteiger partial charge in [-0.3, -0.25) is 47.4 Å². The molecule has 1 fully saturated rings. The van der Waals surface area contributed by atoms with Crippen LogP contribution in [0.4, 0.5) is 4.79 Å². The number of methoxy groups -OCH3 is 1. The molecule has 1 saturated heterocycles. The van der Waals surface area contributed by atoms with Crippen molar-refractivity contribution >= 4 is 81.0 Å². The van der Waals surface area contributed by atoms with E-state index >= 15 is 4.21 Å². The molecular formula is C51H77N11O16S. The number of amides is 10. The lowest BCUT2D eigenvalue weighted by Crippen LogP contribution is -2.62. The van der Waals surface area contributed by atoms with Crippen LogP contribution < -0.4 is 53.0 Å². The minimum absolute atomic E-state index is 0.00815. The summed E-state index contributed by atoms with van der Waals surface area (Å²) in [6, 6.07) is -5.22. The van der Waals surface area contributed by atoms with Crippen molar-refractivity contribution < 1.29 is 76.9 Å². The molecule has 2 bridgehead atoms. The number of carbonyl (C=O) groups is 10. The number of fused-ring (bicyclic) bond motifs is 5. The molecule has 3 unspecified atom stereocenters. The highest BCUT2D eigenvalue weighted by Crippen LogP contribution is 2.34. The third kappa shape index (κ3) is 17.0. The number of nitrogens with zero attached hydrogens (tertiary/aromatic N) is 2. The molecule has 3 aliphatic rings. The van der Waals surface area contributed by atoms with Gasteiger partial charge in [-0.1, -0.05) is 40.0 Å². The highest BCUT2D eigenvalue weighted by molar-refractivity contribution is 7.85. The number of aliphatic hydroxyl groups is 3. The van der Waals surface area contributed by atoms with Crippen LogP contribution in [0.15, 0.2) is 23.2 Å². The number of hydrogen-bond acceptors (Lipinski definition) is 16. The number of unbranched alkanes of at least 4 members (excludes halogenated alkanes) is 3. The summed E-state index contributed by atoms with van der Waals surface area (Å²) in [4.78, 5) is 140. The second-order valence-corrected chi connectivity index (χ2v) is 22.6. The Kier molecular flexibility index (Phi) is 22.5. The fourth-order valence-electron chi connectivity index (χ4n) is 9.52. The molecule has 5 rings (SSSR count). The largest absolute Gasteiger partial charge is 0.497 e. The Morgan fingerprint density at radius 2 is 1.53 bits per heavy atom. The van der Waals surface area contributed by atoms with Gasteiger partial charge < -0.3 is 82.5 Å². The SMILES string of the molecule is CC[C@H](C)[C@@H]1NC(=O)CNC(=O)C2Cc3c(n(CCCCCCNC(=O)OC(C)(C)C)c4cc(OC)ccc34)[S@](=O)CC(NC(=O)CNC1=O)C(=O)N[C@@H](CC(N)=O)C(=O)N1CC(O)C[C@H]1C(=O)N[C@@H]([C@@H](C)[C@@H](O)CO)C(=O)N2. The summed E-state index contributed by atoms with van der Waals surface area (Å²) in [5, 5.41) is 52.6. The van der Waals surface area contributed by atoms with E-state index in [9.17, 15) is 63.3 Å². The summed E-state index contributed by atoms with van der Waals surface area (Å²) in [7, 11) is -0.999. The molecule has 11 atom stereocenters. The molecule has 27 nitrogen and oxygen atoms in total. The molecule has 28 heteroatoms. The average molecular weight is 1130 g/mol. The molecule has 79 heavy (non-hydrogen) atoms. The maximum absolute atomic E-state index is 15.6. The van der Waals surface area contributed by atoms with Crippen LogP contribution in [0.1, 0.15) is 92.1 Å². The Morgan fingerprint density at radius 3 is 2.18 bits per heavy atom. The van der Waals surface area contributed by atoms with E-state index in [1.54, 1.807) is 57.4 Å². The topological polar surface area (TPSA) is 397 Å². The van der Waals surface area contributed by atoms with Crippen molar-refractivity contribution in [3.05, 3.63) is 23.8 Å². The van der Waals surface area contributed by atoms with Gasteiger partial charge in [0.15, 0.2) is 0 Å². The van der Waals surface area contributed by atoms with E-state index in [1.165, 1.54) is 14.0 Å². The summed E-state index contributed by atoms with van der Waals surface area (Å²) in [5.41, 5.74) is 5.48. The lowest BCUT2D eigenvalue weighted by Gasteiger charge is -2.33. The predicted molar refractivity (Wildman–Crippen MR) is 283 cm³/mol. The Morgan fingerprint density at radius 1 is 0.861 bits per heavy atom. The van der Waals surface area contributed by atoms with Crippen LogP contribution in [0, 0.1) is 11.8 Å². The van der Waals surface area contributed by atoms with Crippen molar-refractivity contribution in [2.24, 2.45) is 17.6 Å². The first kappa shape index (κ1) is 62.9. The molecule has 10 amide bonds. The van der Waals surface area contributed by atoms with Crippen LogP contribution >= 0.6 is 0 Å². The van der Waals surface area contributed by atoms with E-state index in [0.717, 1.165) is 4.90 Å². The molecule has 4 heterocycles. The fraction of sp³-hybridized carbons (Fsp3) is 0.647. The number of nitrogens with one attached hydrogen (secondary N) is 8. The molecule has 1 aromatic carbocycles. The van der Waals surface area contributed by atoms with Crippen LogP contribution in [0.5, 0.6) is 5.75 Å². The minimum atomic E-state index is -2.42. The number of aryl methyl sites for hydroxylation is 1. The summed E-state index contributed by atoms with van der Waals surface area (Å²) >= 11 is 0. The summed E-state index contributed by atoms with van der Waals surface area (Å²) in [6.45, 7) is 7.41. The van der Waals surface area contributed by atoms with Gasteiger partial charge >= 0.3 is 6.09 Å². The van der Waals surface area contributed by atoms with E-state index < -0.39 is 187 Å². The van der Waals surface area contributed by atoms with Crippen molar-refractivity contribution in [1.29, 1.82) is 0 Å². The number of rotatable bonds is 15. The van der Waals surface area contributed by atoms with Gasteiger partial charge in [0.2, 0.25) is 53.2 Å². The van der Waals surface area contributed by atoms with Crippen molar-refractivity contribution in [3.63, 3.8) is 0 Å². The minimum Gasteiger partial charge on any atom is -0.497 e. The monoisotopic (exact) mass is 1130 g/mol. The Hall–Kier alpha value is -6.91. The summed E-state index contributed by atoms with van der Waals surface area (Å²) in [6.07, 6.45) is -2.91. The lowest BCUT2D eigenvalue weighted by atomic mass is 9.93. The average Bonchev–Trinajstić information content (AvgIpc) is 4.05. The lowest BCUT2D eigenvalue weighted by molar-refractivity contribution is -0.144. The third-order valence-electron chi connectivity index (χ3n) is 14.0. The molecule has 438 valence electrons. The van der Waals surface area contributed by atoms with Gasteiger partial charge in [0.1, 0.15) is 52.6 Å². The van der Waals surface area contributed by atoms with Crippen LogP contribution in [0.25, 0.3) is 10.9 Å². The molecular weight excluding hydrogens is 1050 g/mol. The van der Waals surface area contributed by atoms with E-state index in [0.29, 0.717) is 55.3 Å². The van der Waals surface area contributed by atoms with Crippen LogP contribution in [0.2, 0.25) is 0 Å². The number of alkyl carbamates (subject to hydrolysis) is 1. The number of benzene rings is 1. The first-order valence-corrected chi connectivity index (χ1v) is 27.7. The summed E-state index contributed by atoms with van der Waals surface area (Å²) in [5.74, 6) is -11.5. The molecule has 0 saturated carbocycles. The van der Waals surface area contributed by atoms with Gasteiger partial charge in [-0.2, -0.15) is 0 Å². The van der Waals surface area contributed by atoms with Gasteiger partial charge in [-0.05, 0) is 57.2 Å². The first-order valence-electron chi connectivity index (χ1n) is 26.4. The van der Waals surface area contributed by atoms with Crippen molar-refractivity contribution in [3.8, 4) is 5.75 Å². The molecule has 0 spiro atoms. The maximum Gasteiger partial charge on any atom is 0.407 e. The van der Waals surface area contributed by atoms with Gasteiger partial charge in [0.05, 0.1) is 67.5 Å². The molecule has 2 aromatic rings. The van der Waals surface area contributed by atoms with Gasteiger partial charge in [0.25, 0.3) is 0 Å².